The number of primary amides is 1. The Morgan fingerprint density at radius 3 is 2.92 bits per heavy atom. The molecular weight excluding hydrogens is 344 g/mol. The van der Waals surface area contributed by atoms with Crippen molar-refractivity contribution < 1.29 is 9.53 Å². The van der Waals surface area contributed by atoms with Gasteiger partial charge in [-0.25, -0.2) is 0 Å². The average molecular weight is 356 g/mol. The van der Waals surface area contributed by atoms with Crippen molar-refractivity contribution in [3.05, 3.63) is 51.8 Å². The van der Waals surface area contributed by atoms with E-state index in [1.807, 2.05) is 6.07 Å². The van der Waals surface area contributed by atoms with Crippen LogP contribution in [0.5, 0.6) is 10.8 Å². The lowest BCUT2D eigenvalue weighted by Gasteiger charge is -2.18. The smallest absolute Gasteiger partial charge is 0.259 e. The fraction of sp³-hybridized carbons (Fsp3) is 0.125. The number of allylic oxidation sites excluding steroid dienone is 1. The van der Waals surface area contributed by atoms with E-state index in [1.54, 1.807) is 6.07 Å². The monoisotopic (exact) mass is 356 g/mol. The Balaban J connectivity index is 2.10. The predicted octanol–water partition coefficient (Wildman–Crippen LogP) is 2.41. The van der Waals surface area contributed by atoms with Crippen molar-refractivity contribution >= 4 is 34.3 Å². The molecule has 24 heavy (non-hydrogen) atoms. The molecule has 0 unspecified atom stereocenters. The molecule has 0 fully saturated rings. The normalized spacial score (nSPS) is 15.0. The number of nitrogens with two attached hydrogens (primary N) is 2. The topological polar surface area (TPSA) is 115 Å². The number of hydrogen-bond donors (Lipinski definition) is 2. The van der Waals surface area contributed by atoms with Gasteiger partial charge in [0.2, 0.25) is 0 Å². The van der Waals surface area contributed by atoms with Gasteiger partial charge in [0.15, 0.2) is 5.06 Å². The molecule has 2 heterocycles. The van der Waals surface area contributed by atoms with Crippen LogP contribution in [0.3, 0.4) is 0 Å². The predicted molar refractivity (Wildman–Crippen MR) is 94.2 cm³/mol. The van der Waals surface area contributed by atoms with Gasteiger partial charge in [0.1, 0.15) is 11.8 Å². The summed E-state index contributed by atoms with van der Waals surface area (Å²) in [5.74, 6) is -0.126. The lowest BCUT2D eigenvalue weighted by atomic mass is 9.89. The number of carbonyl (C=O) groups excluding carboxylic acids is 1. The number of nitriles is 1. The molecule has 1 aliphatic carbocycles. The third-order valence-electron chi connectivity index (χ3n) is 3.62. The van der Waals surface area contributed by atoms with Crippen LogP contribution in [0.4, 0.5) is 0 Å². The molecule has 0 saturated carbocycles. The van der Waals surface area contributed by atoms with Gasteiger partial charge in [-0.3, -0.25) is 9.78 Å². The fourth-order valence-electron chi connectivity index (χ4n) is 2.52. The highest BCUT2D eigenvalue weighted by atomic mass is 32.1. The van der Waals surface area contributed by atoms with E-state index in [2.05, 4.69) is 4.98 Å². The Hall–Kier alpha value is -2.76. The molecule has 0 spiro atoms. The van der Waals surface area contributed by atoms with Crippen molar-refractivity contribution in [3.8, 4) is 16.9 Å². The maximum Gasteiger partial charge on any atom is 0.259 e. The molecule has 0 saturated heterocycles. The zero-order chi connectivity index (χ0) is 17.3. The Morgan fingerprint density at radius 2 is 2.25 bits per heavy atom. The maximum absolute atomic E-state index is 11.7. The van der Waals surface area contributed by atoms with Crippen LogP contribution in [0.15, 0.2) is 30.2 Å². The molecule has 0 aromatic carbocycles. The molecule has 0 atom stereocenters. The fourth-order valence-corrected chi connectivity index (χ4v) is 4.05. The largest absolute Gasteiger partial charge is 0.444 e. The van der Waals surface area contributed by atoms with Gasteiger partial charge in [-0.1, -0.05) is 23.6 Å². The van der Waals surface area contributed by atoms with E-state index < -0.39 is 5.91 Å². The number of nitrogens with zero attached hydrogens (tertiary/aromatic N) is 2. The van der Waals surface area contributed by atoms with Gasteiger partial charge < -0.3 is 16.2 Å². The Kier molecular flexibility index (Phi) is 4.29. The van der Waals surface area contributed by atoms with E-state index in [-0.39, 0.29) is 0 Å². The summed E-state index contributed by atoms with van der Waals surface area (Å²) in [7, 11) is 0. The molecule has 0 aliphatic heterocycles. The van der Waals surface area contributed by atoms with Crippen molar-refractivity contribution in [3.63, 3.8) is 0 Å². The van der Waals surface area contributed by atoms with E-state index in [4.69, 9.17) is 33.7 Å². The number of pyridine rings is 1. The highest BCUT2D eigenvalue weighted by molar-refractivity contribution is 7.81. The second-order valence-corrected chi connectivity index (χ2v) is 6.47. The van der Waals surface area contributed by atoms with Crippen LogP contribution in [0.25, 0.3) is 0 Å². The van der Waals surface area contributed by atoms with Crippen molar-refractivity contribution in [1.29, 1.82) is 5.26 Å². The summed E-state index contributed by atoms with van der Waals surface area (Å²) in [4.78, 5) is 16.7. The third kappa shape index (κ3) is 2.75. The molecule has 0 radical (unpaired) electrons. The van der Waals surface area contributed by atoms with Gasteiger partial charge in [-0.05, 0) is 30.2 Å². The van der Waals surface area contributed by atoms with Gasteiger partial charge in [0.05, 0.1) is 27.1 Å². The molecular formula is C16H12N4O2S2. The number of aromatic nitrogens is 1. The number of fused-ring (bicyclic) bond motifs is 1. The molecule has 4 N–H and O–H groups in total. The van der Waals surface area contributed by atoms with Crippen molar-refractivity contribution in [2.45, 2.75) is 12.8 Å². The second kappa shape index (κ2) is 6.39. The van der Waals surface area contributed by atoms with E-state index in [0.29, 0.717) is 44.5 Å². The number of ether oxygens (including phenoxy) is 1. The lowest BCUT2D eigenvalue weighted by Crippen LogP contribution is -2.17. The first-order chi connectivity index (χ1) is 11.5. The van der Waals surface area contributed by atoms with E-state index >= 15 is 0 Å². The molecule has 0 bridgehead atoms. The summed E-state index contributed by atoms with van der Waals surface area (Å²) in [6.45, 7) is 0. The van der Waals surface area contributed by atoms with Gasteiger partial charge in [-0.15, -0.1) is 0 Å². The summed E-state index contributed by atoms with van der Waals surface area (Å²) in [5, 5.41) is 9.42. The Morgan fingerprint density at radius 1 is 1.46 bits per heavy atom. The van der Waals surface area contributed by atoms with Gasteiger partial charge in [-0.2, -0.15) is 5.26 Å². The molecule has 2 aromatic rings. The summed E-state index contributed by atoms with van der Waals surface area (Å²) >= 11 is 6.64. The van der Waals surface area contributed by atoms with E-state index in [0.717, 1.165) is 22.5 Å². The van der Waals surface area contributed by atoms with Gasteiger partial charge >= 0.3 is 0 Å². The summed E-state index contributed by atoms with van der Waals surface area (Å²) in [6.07, 6.45) is 5.68. The minimum atomic E-state index is -0.516. The first-order valence-corrected chi connectivity index (χ1v) is 8.21. The standard InChI is InChI=1S/C16H12N4O2S2/c17-4-8-3-10(7-20-6-8)22-16-12-11(14(24-16)15(19)21)2-1-9(5-18)13(12)23/h3,5-7H,1-2,18H2,(H2,19,21). The number of hydrogen-bond acceptors (Lipinski definition) is 7. The van der Waals surface area contributed by atoms with E-state index in [1.165, 1.54) is 18.6 Å². The minimum Gasteiger partial charge on any atom is -0.444 e. The zero-order valence-electron chi connectivity index (χ0n) is 12.4. The second-order valence-electron chi connectivity index (χ2n) is 5.08. The van der Waals surface area contributed by atoms with Crippen LogP contribution in [-0.2, 0) is 6.42 Å². The van der Waals surface area contributed by atoms with Crippen molar-refractivity contribution in [1.82, 2.24) is 4.98 Å². The summed E-state index contributed by atoms with van der Waals surface area (Å²) in [6, 6.07) is 3.56. The van der Waals surface area contributed by atoms with Crippen LogP contribution >= 0.6 is 23.6 Å². The molecule has 1 aliphatic rings. The lowest BCUT2D eigenvalue weighted by molar-refractivity contribution is 0.100. The number of thiocarbonyl (C=S) groups is 1. The van der Waals surface area contributed by atoms with Crippen LogP contribution < -0.4 is 16.2 Å². The van der Waals surface area contributed by atoms with Crippen LogP contribution in [0.2, 0.25) is 0 Å². The molecule has 2 aromatic heterocycles. The summed E-state index contributed by atoms with van der Waals surface area (Å²) in [5.41, 5.74) is 13.8. The maximum atomic E-state index is 11.7. The highest BCUT2D eigenvalue weighted by Gasteiger charge is 2.30. The Bertz CT molecular complexity index is 925. The quantitative estimate of drug-likeness (QED) is 0.644. The molecule has 8 heteroatoms. The van der Waals surface area contributed by atoms with Crippen LogP contribution in [-0.4, -0.2) is 15.8 Å². The highest BCUT2D eigenvalue weighted by Crippen LogP contribution is 2.43. The minimum absolute atomic E-state index is 0.373. The van der Waals surface area contributed by atoms with E-state index in [9.17, 15) is 4.79 Å². The number of amides is 1. The number of carbonyl (C=O) groups is 1. The molecule has 120 valence electrons. The number of rotatable bonds is 3. The molecule has 1 amide bonds. The van der Waals surface area contributed by atoms with Gasteiger partial charge in [0.25, 0.3) is 5.91 Å². The van der Waals surface area contributed by atoms with Crippen molar-refractivity contribution in [2.75, 3.05) is 0 Å². The first-order valence-electron chi connectivity index (χ1n) is 6.99. The zero-order valence-corrected chi connectivity index (χ0v) is 14.0. The summed E-state index contributed by atoms with van der Waals surface area (Å²) < 4.78 is 5.85. The SMILES string of the molecule is N#Cc1cncc(Oc2sc(C(N)=O)c3c2C(=S)C(=CN)CC3)c1. The van der Waals surface area contributed by atoms with Gasteiger partial charge in [0, 0.05) is 12.3 Å². The van der Waals surface area contributed by atoms with Crippen LogP contribution in [0, 0.1) is 11.3 Å². The first kappa shape index (κ1) is 16.1. The third-order valence-corrected chi connectivity index (χ3v) is 5.21. The number of thiophene rings is 1. The van der Waals surface area contributed by atoms with Crippen molar-refractivity contribution in [2.24, 2.45) is 11.5 Å². The average Bonchev–Trinajstić information content (AvgIpc) is 2.95. The molecule has 3 rings (SSSR count). The van der Waals surface area contributed by atoms with Crippen LogP contribution in [0.1, 0.15) is 32.8 Å². The molecule has 6 nitrogen and oxygen atoms in total. The Labute approximate surface area is 147 Å².